The third kappa shape index (κ3) is 13.1. The van der Waals surface area contributed by atoms with Crippen LogP contribution in [0.2, 0.25) is 0 Å². The van der Waals surface area contributed by atoms with Gasteiger partial charge >= 0.3 is 11.9 Å². The van der Waals surface area contributed by atoms with Crippen LogP contribution in [0, 0.1) is 0 Å². The summed E-state index contributed by atoms with van der Waals surface area (Å²) in [5, 5.41) is 21.8. The fraction of sp³-hybridized carbons (Fsp3) is 0.550. The molecule has 258 valence electrons. The van der Waals surface area contributed by atoms with Crippen LogP contribution in [0.4, 0.5) is 0 Å². The van der Waals surface area contributed by atoms with Crippen molar-refractivity contribution in [3.05, 3.63) is 84.0 Å². The molecule has 0 saturated carbocycles. The van der Waals surface area contributed by atoms with Crippen molar-refractivity contribution in [3.63, 3.8) is 0 Å². The van der Waals surface area contributed by atoms with E-state index in [1.165, 1.54) is 0 Å². The van der Waals surface area contributed by atoms with E-state index in [2.05, 4.69) is 109 Å². The average Bonchev–Trinajstić information content (AvgIpc) is 2.93. The zero-order valence-electron chi connectivity index (χ0n) is 30.9. The fourth-order valence-corrected chi connectivity index (χ4v) is 4.91. The van der Waals surface area contributed by atoms with Crippen LogP contribution in [0.15, 0.2) is 50.6 Å². The van der Waals surface area contributed by atoms with E-state index >= 15 is 0 Å². The molecule has 6 heteroatoms. The number of carbonyl (C=O) groups excluding carboxylic acids is 2. The molecule has 0 saturated heterocycles. The van der Waals surface area contributed by atoms with E-state index in [0.717, 1.165) is 33.4 Å². The van der Waals surface area contributed by atoms with Gasteiger partial charge in [0.1, 0.15) is 24.7 Å². The molecule has 0 aliphatic carbocycles. The molecular weight excluding hydrogens is 576 g/mol. The number of benzene rings is 2. The van der Waals surface area contributed by atoms with Crippen LogP contribution in [0.1, 0.15) is 129 Å². The molecule has 0 fully saturated rings. The number of carbonyl (C=O) groups is 2. The molecule has 0 aliphatic rings. The van der Waals surface area contributed by atoms with Crippen LogP contribution in [0.5, 0.6) is 11.5 Å². The zero-order chi connectivity index (χ0) is 36.3. The lowest BCUT2D eigenvalue weighted by Crippen LogP contribution is -2.18. The Morgan fingerprint density at radius 3 is 0.935 bits per heavy atom. The normalized spacial score (nSPS) is 11.8. The number of ether oxygens (including phenoxy) is 2. The Labute approximate surface area is 279 Å². The Morgan fingerprint density at radius 2 is 0.739 bits per heavy atom. The highest BCUT2D eigenvalue weighted by Gasteiger charge is 2.28. The maximum atomic E-state index is 12.4. The smallest absolute Gasteiger partial charge is 0.306 e. The molecule has 0 amide bonds. The van der Waals surface area contributed by atoms with Gasteiger partial charge in [0.25, 0.3) is 0 Å². The van der Waals surface area contributed by atoms with Crippen molar-refractivity contribution in [3.8, 4) is 11.5 Å². The van der Waals surface area contributed by atoms with E-state index in [0.29, 0.717) is 24.3 Å². The second-order valence-corrected chi connectivity index (χ2v) is 15.5. The highest BCUT2D eigenvalue weighted by atomic mass is 16.6. The topological polar surface area (TPSA) is 93.1 Å². The molecule has 0 bridgehead atoms. The lowest BCUT2D eigenvalue weighted by molar-refractivity contribution is -0.152. The van der Waals surface area contributed by atoms with Gasteiger partial charge < -0.3 is 19.7 Å². The minimum Gasteiger partial charge on any atom is -0.507 e. The minimum atomic E-state index is -0.359. The van der Waals surface area contributed by atoms with Gasteiger partial charge in [0, 0.05) is 12.8 Å². The number of phenolic OH excluding ortho intramolecular Hbond substituents is 2. The number of aryl methyl sites for hydroxylation is 2. The zero-order valence-corrected chi connectivity index (χ0v) is 30.9. The number of hydrogen-bond donors (Lipinski definition) is 2. The molecule has 0 atom stereocenters. The van der Waals surface area contributed by atoms with E-state index in [9.17, 15) is 19.8 Å². The van der Waals surface area contributed by atoms with Crippen molar-refractivity contribution in [2.75, 3.05) is 13.2 Å². The maximum Gasteiger partial charge on any atom is 0.306 e. The Bertz CT molecular complexity index is 1120. The number of aromatic hydroxyl groups is 2. The molecule has 6 nitrogen and oxygen atoms in total. The number of esters is 2. The SMILES string of the molecule is C=C.C=C.CC(C)(C)c1cc(CCC(=O)OCCOC(=O)CCc2cc(C(C)(C)C)c(O)c(C(C)(C)C)c2)cc(C(C)(C)C)c1O. The van der Waals surface area contributed by atoms with Crippen molar-refractivity contribution < 1.29 is 29.3 Å². The van der Waals surface area contributed by atoms with Crippen LogP contribution in [0.3, 0.4) is 0 Å². The van der Waals surface area contributed by atoms with Gasteiger partial charge in [0.15, 0.2) is 0 Å². The first-order valence-corrected chi connectivity index (χ1v) is 16.1. The lowest BCUT2D eigenvalue weighted by Gasteiger charge is -2.28. The molecule has 0 unspecified atom stereocenters. The van der Waals surface area contributed by atoms with Gasteiger partial charge in [-0.15, -0.1) is 26.3 Å². The summed E-state index contributed by atoms with van der Waals surface area (Å²) < 4.78 is 10.6. The van der Waals surface area contributed by atoms with Crippen molar-refractivity contribution in [2.24, 2.45) is 0 Å². The summed E-state index contributed by atoms with van der Waals surface area (Å²) in [7, 11) is 0. The Kier molecular flexibility index (Phi) is 16.1. The molecule has 0 aromatic heterocycles. The first-order valence-electron chi connectivity index (χ1n) is 16.1. The fourth-order valence-electron chi connectivity index (χ4n) is 4.91. The predicted molar refractivity (Wildman–Crippen MR) is 192 cm³/mol. The van der Waals surface area contributed by atoms with E-state index in [4.69, 9.17) is 9.47 Å². The van der Waals surface area contributed by atoms with Crippen molar-refractivity contribution in [1.82, 2.24) is 0 Å². The van der Waals surface area contributed by atoms with Gasteiger partial charge in [-0.25, -0.2) is 0 Å². The molecule has 2 rings (SSSR count). The van der Waals surface area contributed by atoms with Crippen LogP contribution in [-0.4, -0.2) is 35.4 Å². The second-order valence-electron chi connectivity index (χ2n) is 15.5. The summed E-state index contributed by atoms with van der Waals surface area (Å²) in [6.07, 6.45) is 1.37. The summed E-state index contributed by atoms with van der Waals surface area (Å²) in [5.74, 6) is -0.0832. The number of rotatable bonds is 9. The van der Waals surface area contributed by atoms with Gasteiger partial charge in [0.05, 0.1) is 0 Å². The summed E-state index contributed by atoms with van der Waals surface area (Å²) in [5.41, 5.74) is 4.45. The largest absolute Gasteiger partial charge is 0.507 e. The molecule has 0 spiro atoms. The predicted octanol–water partition coefficient (Wildman–Crippen LogP) is 9.54. The maximum absolute atomic E-state index is 12.4. The Hall–Kier alpha value is -3.54. The van der Waals surface area contributed by atoms with Gasteiger partial charge in [-0.3, -0.25) is 9.59 Å². The Morgan fingerprint density at radius 1 is 0.522 bits per heavy atom. The third-order valence-corrected chi connectivity index (χ3v) is 7.42. The summed E-state index contributed by atoms with van der Waals surface area (Å²) in [6, 6.07) is 7.90. The standard InChI is InChI=1S/C36H54O6.2C2H4/c1-33(2,3)25-19-23(20-26(31(25)39)34(4,5)6)13-15-29(37)41-17-18-42-30(38)16-14-24-21-27(35(7,8)9)32(40)28(22-24)36(10,11)12;2*1-2/h19-22,39-40H,13-18H2,1-12H3;2*1-2H2. The van der Waals surface area contributed by atoms with Crippen molar-refractivity contribution >= 4 is 11.9 Å². The molecule has 2 N–H and O–H groups in total. The highest BCUT2D eigenvalue weighted by Crippen LogP contribution is 2.41. The van der Waals surface area contributed by atoms with E-state index in [1.54, 1.807) is 0 Å². The van der Waals surface area contributed by atoms with Crippen LogP contribution < -0.4 is 0 Å². The molecule has 0 aliphatic heterocycles. The van der Waals surface area contributed by atoms with E-state index in [-0.39, 0.29) is 59.7 Å². The van der Waals surface area contributed by atoms with Crippen molar-refractivity contribution in [1.29, 1.82) is 0 Å². The first kappa shape index (κ1) is 42.5. The highest BCUT2D eigenvalue weighted by molar-refractivity contribution is 5.71. The van der Waals surface area contributed by atoms with Crippen LogP contribution in [-0.2, 0) is 53.6 Å². The van der Waals surface area contributed by atoms with Gasteiger partial charge in [0.2, 0.25) is 0 Å². The molecular formula is C40H62O6. The monoisotopic (exact) mass is 638 g/mol. The molecule has 46 heavy (non-hydrogen) atoms. The molecule has 2 aromatic rings. The lowest BCUT2D eigenvalue weighted by atomic mass is 9.78. The molecule has 2 aromatic carbocycles. The Balaban J connectivity index is 0.00000486. The summed E-state index contributed by atoms with van der Waals surface area (Å²) in [6.45, 7) is 36.7. The van der Waals surface area contributed by atoms with Crippen LogP contribution >= 0.6 is 0 Å². The first-order chi connectivity index (χ1) is 21.0. The number of phenols is 2. The summed E-state index contributed by atoms with van der Waals surface area (Å²) >= 11 is 0. The third-order valence-electron chi connectivity index (χ3n) is 7.42. The minimum absolute atomic E-state index is 0.00217. The van der Waals surface area contributed by atoms with Gasteiger partial charge in [-0.1, -0.05) is 107 Å². The van der Waals surface area contributed by atoms with E-state index < -0.39 is 0 Å². The summed E-state index contributed by atoms with van der Waals surface area (Å²) in [4.78, 5) is 24.8. The van der Waals surface area contributed by atoms with Crippen LogP contribution in [0.25, 0.3) is 0 Å². The second kappa shape index (κ2) is 17.4. The van der Waals surface area contributed by atoms with Crippen molar-refractivity contribution in [2.45, 2.75) is 130 Å². The number of hydrogen-bond acceptors (Lipinski definition) is 6. The van der Waals surface area contributed by atoms with E-state index in [1.807, 2.05) is 24.3 Å². The quantitative estimate of drug-likeness (QED) is 0.161. The molecule has 0 radical (unpaired) electrons. The van der Waals surface area contributed by atoms with Gasteiger partial charge in [-0.2, -0.15) is 0 Å². The van der Waals surface area contributed by atoms with Gasteiger partial charge in [-0.05, 0) is 67.9 Å². The average molecular weight is 639 g/mol. The molecule has 0 heterocycles.